The third-order valence-electron chi connectivity index (χ3n) is 6.46. The molecule has 3 aromatic heterocycles. The van der Waals surface area contributed by atoms with E-state index in [0.717, 1.165) is 77.3 Å². The van der Waals surface area contributed by atoms with Crippen LogP contribution in [0, 0.1) is 11.8 Å². The maximum Gasteiger partial charge on any atom is 0.128 e. The van der Waals surface area contributed by atoms with Crippen LogP contribution in [0.15, 0.2) is 73.3 Å². The summed E-state index contributed by atoms with van der Waals surface area (Å²) >= 11 is 0. The highest BCUT2D eigenvalue weighted by atomic mass is 16.5. The number of imidazole rings is 1. The van der Waals surface area contributed by atoms with Gasteiger partial charge in [-0.05, 0) is 61.0 Å². The second-order valence-corrected chi connectivity index (χ2v) is 8.80. The first-order valence-electron chi connectivity index (χ1n) is 12.1. The molecule has 1 aliphatic rings. The van der Waals surface area contributed by atoms with Crippen molar-refractivity contribution in [1.82, 2.24) is 19.5 Å². The van der Waals surface area contributed by atoms with E-state index in [-0.39, 0.29) is 0 Å². The number of anilines is 1. The summed E-state index contributed by atoms with van der Waals surface area (Å²) in [5.74, 6) is 7.52. The van der Waals surface area contributed by atoms with Crippen LogP contribution in [0.2, 0.25) is 0 Å². The quantitative estimate of drug-likeness (QED) is 0.400. The van der Waals surface area contributed by atoms with Crippen molar-refractivity contribution in [2.45, 2.75) is 6.42 Å². The minimum absolute atomic E-state index is 0.640. The largest absolute Gasteiger partial charge is 0.378 e. The van der Waals surface area contributed by atoms with Crippen molar-refractivity contribution in [3.8, 4) is 17.5 Å². The van der Waals surface area contributed by atoms with Crippen molar-refractivity contribution in [3.63, 3.8) is 0 Å². The van der Waals surface area contributed by atoms with E-state index in [2.05, 4.69) is 66.6 Å². The normalized spacial score (nSPS) is 13.6. The Balaban J connectivity index is 1.33. The van der Waals surface area contributed by atoms with E-state index >= 15 is 0 Å². The molecule has 1 aliphatic heterocycles. The Labute approximate surface area is 209 Å². The van der Waals surface area contributed by atoms with Crippen LogP contribution in [-0.4, -0.2) is 52.4 Å². The van der Waals surface area contributed by atoms with Gasteiger partial charge in [-0.15, -0.1) is 0 Å². The fourth-order valence-corrected chi connectivity index (χ4v) is 4.54. The smallest absolute Gasteiger partial charge is 0.128 e. The number of aromatic nitrogens is 4. The molecular weight excluding hydrogens is 448 g/mol. The first kappa shape index (κ1) is 22.2. The Morgan fingerprint density at radius 3 is 2.42 bits per heavy atom. The highest BCUT2D eigenvalue weighted by Crippen LogP contribution is 2.26. The van der Waals surface area contributed by atoms with Gasteiger partial charge < -0.3 is 15.4 Å². The van der Waals surface area contributed by atoms with Gasteiger partial charge in [-0.2, -0.15) is 0 Å². The van der Waals surface area contributed by atoms with Crippen LogP contribution in [0.5, 0.6) is 0 Å². The van der Waals surface area contributed by atoms with Gasteiger partial charge in [0, 0.05) is 41.5 Å². The van der Waals surface area contributed by atoms with Crippen molar-refractivity contribution in [2.75, 3.05) is 37.7 Å². The molecule has 0 atom stereocenters. The Hall–Kier alpha value is -4.25. The van der Waals surface area contributed by atoms with Gasteiger partial charge in [0.05, 0.1) is 30.4 Å². The van der Waals surface area contributed by atoms with E-state index in [1.807, 2.05) is 43.0 Å². The molecule has 7 nitrogen and oxygen atoms in total. The van der Waals surface area contributed by atoms with E-state index in [9.17, 15) is 0 Å². The number of benzene rings is 2. The maximum absolute atomic E-state index is 5.70. The Bertz CT molecular complexity index is 1570. The molecule has 4 heterocycles. The zero-order valence-corrected chi connectivity index (χ0v) is 19.9. The van der Waals surface area contributed by atoms with Gasteiger partial charge in [0.25, 0.3) is 0 Å². The summed E-state index contributed by atoms with van der Waals surface area (Å²) in [6.07, 6.45) is 6.38. The van der Waals surface area contributed by atoms with Crippen LogP contribution >= 0.6 is 0 Å². The fourth-order valence-electron chi connectivity index (χ4n) is 4.54. The standard InChI is InChI=1S/C29H26N6O/c30-12-11-21-3-7-24(8-4-21)35-20-33-27-19-31-26-9-5-22(17-25(26)29(27)35)1-2-23-6-10-28(32-18-23)34-13-15-36-16-14-34/h3-10,17-20H,11-16,30H2. The zero-order valence-electron chi connectivity index (χ0n) is 19.9. The Morgan fingerprint density at radius 1 is 0.833 bits per heavy atom. The fraction of sp³-hybridized carbons (Fsp3) is 0.207. The number of nitrogens with two attached hydrogens (primary N) is 1. The molecule has 2 N–H and O–H groups in total. The molecule has 0 amide bonds. The summed E-state index contributed by atoms with van der Waals surface area (Å²) in [7, 11) is 0. The van der Waals surface area contributed by atoms with E-state index in [1.54, 1.807) is 0 Å². The van der Waals surface area contributed by atoms with E-state index in [0.29, 0.717) is 6.54 Å². The molecule has 6 rings (SSSR count). The van der Waals surface area contributed by atoms with Gasteiger partial charge >= 0.3 is 0 Å². The molecule has 1 saturated heterocycles. The van der Waals surface area contributed by atoms with Crippen molar-refractivity contribution >= 4 is 27.8 Å². The molecular formula is C29H26N6O. The summed E-state index contributed by atoms with van der Waals surface area (Å²) < 4.78 is 7.53. The monoisotopic (exact) mass is 474 g/mol. The summed E-state index contributed by atoms with van der Waals surface area (Å²) in [6.45, 7) is 3.86. The van der Waals surface area contributed by atoms with Crippen molar-refractivity contribution < 1.29 is 4.74 Å². The van der Waals surface area contributed by atoms with Gasteiger partial charge in [0.2, 0.25) is 0 Å². The lowest BCUT2D eigenvalue weighted by Gasteiger charge is -2.27. The topological polar surface area (TPSA) is 82.1 Å². The van der Waals surface area contributed by atoms with Crippen LogP contribution in [0.3, 0.4) is 0 Å². The minimum atomic E-state index is 0.640. The number of pyridine rings is 2. The number of ether oxygens (including phenoxy) is 1. The summed E-state index contributed by atoms with van der Waals surface area (Å²) in [6, 6.07) is 18.6. The van der Waals surface area contributed by atoms with Gasteiger partial charge in [0.15, 0.2) is 0 Å². The molecule has 0 bridgehead atoms. The average molecular weight is 475 g/mol. The molecule has 0 aliphatic carbocycles. The predicted molar refractivity (Wildman–Crippen MR) is 142 cm³/mol. The molecule has 7 heteroatoms. The lowest BCUT2D eigenvalue weighted by molar-refractivity contribution is 0.122. The molecule has 0 saturated carbocycles. The highest BCUT2D eigenvalue weighted by Gasteiger charge is 2.12. The van der Waals surface area contributed by atoms with Crippen molar-refractivity contribution in [2.24, 2.45) is 5.73 Å². The number of hydrogen-bond acceptors (Lipinski definition) is 6. The molecule has 2 aromatic carbocycles. The molecule has 0 radical (unpaired) electrons. The van der Waals surface area contributed by atoms with E-state index < -0.39 is 0 Å². The molecule has 5 aromatic rings. The first-order valence-corrected chi connectivity index (χ1v) is 12.1. The van der Waals surface area contributed by atoms with Crippen LogP contribution in [-0.2, 0) is 11.2 Å². The summed E-state index contributed by atoms with van der Waals surface area (Å²) in [4.78, 5) is 16.0. The molecule has 178 valence electrons. The van der Waals surface area contributed by atoms with Gasteiger partial charge in [-0.3, -0.25) is 9.55 Å². The Kier molecular flexibility index (Phi) is 6.04. The second kappa shape index (κ2) is 9.78. The highest BCUT2D eigenvalue weighted by molar-refractivity contribution is 6.03. The summed E-state index contributed by atoms with van der Waals surface area (Å²) in [5, 5.41) is 1.02. The second-order valence-electron chi connectivity index (χ2n) is 8.80. The van der Waals surface area contributed by atoms with E-state index in [4.69, 9.17) is 10.5 Å². The van der Waals surface area contributed by atoms with Crippen molar-refractivity contribution in [3.05, 3.63) is 90.0 Å². The van der Waals surface area contributed by atoms with Crippen LogP contribution < -0.4 is 10.6 Å². The SMILES string of the molecule is NCCc1ccc(-n2cnc3cnc4ccc(C#Cc5ccc(N6CCOCC6)nc5)cc4c32)cc1. The number of fused-ring (bicyclic) bond motifs is 3. The number of rotatable bonds is 4. The van der Waals surface area contributed by atoms with Crippen LogP contribution in [0.1, 0.15) is 16.7 Å². The number of morpholine rings is 1. The zero-order chi connectivity index (χ0) is 24.3. The average Bonchev–Trinajstić information content (AvgIpc) is 3.38. The summed E-state index contributed by atoms with van der Waals surface area (Å²) in [5.41, 5.74) is 12.5. The maximum atomic E-state index is 5.70. The van der Waals surface area contributed by atoms with Gasteiger partial charge in [0.1, 0.15) is 17.7 Å². The molecule has 36 heavy (non-hydrogen) atoms. The Morgan fingerprint density at radius 2 is 1.64 bits per heavy atom. The van der Waals surface area contributed by atoms with Gasteiger partial charge in [-0.25, -0.2) is 9.97 Å². The lowest BCUT2D eigenvalue weighted by atomic mass is 10.1. The van der Waals surface area contributed by atoms with E-state index in [1.165, 1.54) is 5.56 Å². The predicted octanol–water partition coefficient (Wildman–Crippen LogP) is 3.71. The lowest BCUT2D eigenvalue weighted by Crippen LogP contribution is -2.36. The molecule has 1 fully saturated rings. The number of nitrogens with zero attached hydrogens (tertiary/aromatic N) is 5. The third-order valence-corrected chi connectivity index (χ3v) is 6.46. The molecule has 0 unspecified atom stereocenters. The molecule has 0 spiro atoms. The van der Waals surface area contributed by atoms with Crippen LogP contribution in [0.25, 0.3) is 27.6 Å². The first-order chi connectivity index (χ1) is 17.8. The third kappa shape index (κ3) is 4.40. The minimum Gasteiger partial charge on any atom is -0.378 e. The number of hydrogen-bond donors (Lipinski definition) is 1. The van der Waals surface area contributed by atoms with Gasteiger partial charge in [-0.1, -0.05) is 24.0 Å². The van der Waals surface area contributed by atoms with Crippen molar-refractivity contribution in [1.29, 1.82) is 0 Å². The van der Waals surface area contributed by atoms with Crippen LogP contribution in [0.4, 0.5) is 5.82 Å².